The number of carbonyl (C=O) groups is 3. The number of benzene rings is 2. The highest BCUT2D eigenvalue weighted by molar-refractivity contribution is 6.37. The molecule has 0 radical (unpaired) electrons. The van der Waals surface area contributed by atoms with Crippen LogP contribution in [0.3, 0.4) is 0 Å². The predicted octanol–water partition coefficient (Wildman–Crippen LogP) is 2.91. The van der Waals surface area contributed by atoms with Crippen LogP contribution < -0.4 is 5.32 Å². The van der Waals surface area contributed by atoms with Gasteiger partial charge in [-0.15, -0.1) is 0 Å². The van der Waals surface area contributed by atoms with Crippen LogP contribution in [0.15, 0.2) is 42.5 Å². The molecule has 122 valence electrons. The van der Waals surface area contributed by atoms with Crippen LogP contribution in [0.2, 0.25) is 10.0 Å². The molecule has 1 heterocycles. The first-order chi connectivity index (χ1) is 11.5. The summed E-state index contributed by atoms with van der Waals surface area (Å²) in [4.78, 5) is 37.5. The first-order valence-corrected chi connectivity index (χ1v) is 7.89. The molecule has 0 bridgehead atoms. The van der Waals surface area contributed by atoms with Gasteiger partial charge in [0, 0.05) is 11.6 Å². The third-order valence-electron chi connectivity index (χ3n) is 3.68. The summed E-state index contributed by atoms with van der Waals surface area (Å²) >= 11 is 12.0. The van der Waals surface area contributed by atoms with Gasteiger partial charge in [0.15, 0.2) is 0 Å². The van der Waals surface area contributed by atoms with Gasteiger partial charge in [0.2, 0.25) is 5.91 Å². The number of carbonyl (C=O) groups excluding carboxylic acids is 3. The molecule has 0 saturated carbocycles. The van der Waals surface area contributed by atoms with E-state index in [1.165, 1.54) is 12.1 Å². The van der Waals surface area contributed by atoms with Gasteiger partial charge in [0.1, 0.15) is 6.54 Å². The van der Waals surface area contributed by atoms with Crippen molar-refractivity contribution in [1.29, 1.82) is 0 Å². The van der Waals surface area contributed by atoms with E-state index in [1.54, 1.807) is 30.3 Å². The SMILES string of the molecule is O=C(CN1C(=O)c2cccc(Cl)c2C1=O)NCc1ccccc1Cl. The Morgan fingerprint density at radius 3 is 2.38 bits per heavy atom. The minimum Gasteiger partial charge on any atom is -0.350 e. The maximum absolute atomic E-state index is 12.3. The van der Waals surface area contributed by atoms with Gasteiger partial charge in [-0.1, -0.05) is 47.5 Å². The van der Waals surface area contributed by atoms with Crippen LogP contribution in [-0.4, -0.2) is 29.2 Å². The Morgan fingerprint density at radius 1 is 0.958 bits per heavy atom. The molecule has 3 rings (SSSR count). The second kappa shape index (κ2) is 6.63. The smallest absolute Gasteiger partial charge is 0.263 e. The van der Waals surface area contributed by atoms with Crippen molar-refractivity contribution in [3.8, 4) is 0 Å². The summed E-state index contributed by atoms with van der Waals surface area (Å²) in [7, 11) is 0. The molecule has 2 aromatic carbocycles. The van der Waals surface area contributed by atoms with Gasteiger partial charge in [-0.2, -0.15) is 0 Å². The van der Waals surface area contributed by atoms with Crippen molar-refractivity contribution in [3.05, 3.63) is 69.2 Å². The molecule has 3 amide bonds. The van der Waals surface area contributed by atoms with Crippen LogP contribution in [0.1, 0.15) is 26.3 Å². The van der Waals surface area contributed by atoms with Crippen LogP contribution in [0, 0.1) is 0 Å². The molecule has 0 aliphatic carbocycles. The maximum atomic E-state index is 12.3. The van der Waals surface area contributed by atoms with Gasteiger partial charge >= 0.3 is 0 Å². The van der Waals surface area contributed by atoms with Gasteiger partial charge in [0.25, 0.3) is 11.8 Å². The van der Waals surface area contributed by atoms with E-state index >= 15 is 0 Å². The largest absolute Gasteiger partial charge is 0.350 e. The molecule has 7 heteroatoms. The molecule has 0 saturated heterocycles. The number of imide groups is 1. The summed E-state index contributed by atoms with van der Waals surface area (Å²) in [5.74, 6) is -1.54. The molecule has 1 aliphatic rings. The lowest BCUT2D eigenvalue weighted by atomic mass is 10.1. The summed E-state index contributed by atoms with van der Waals surface area (Å²) in [6.45, 7) is -0.157. The van der Waals surface area contributed by atoms with E-state index in [0.717, 1.165) is 10.5 Å². The highest BCUT2D eigenvalue weighted by Gasteiger charge is 2.38. The van der Waals surface area contributed by atoms with Crippen molar-refractivity contribution in [1.82, 2.24) is 10.2 Å². The molecule has 0 unspecified atom stereocenters. The highest BCUT2D eigenvalue weighted by Crippen LogP contribution is 2.28. The second-order valence-electron chi connectivity index (χ2n) is 5.23. The van der Waals surface area contributed by atoms with Crippen molar-refractivity contribution in [2.24, 2.45) is 0 Å². The molecule has 0 atom stereocenters. The molecular weight excluding hydrogens is 351 g/mol. The number of hydrogen-bond acceptors (Lipinski definition) is 3. The minimum atomic E-state index is -0.562. The molecule has 1 N–H and O–H groups in total. The average Bonchev–Trinajstić information content (AvgIpc) is 2.80. The fourth-order valence-corrected chi connectivity index (χ4v) is 2.93. The Bertz CT molecular complexity index is 851. The van der Waals surface area contributed by atoms with E-state index in [0.29, 0.717) is 5.02 Å². The van der Waals surface area contributed by atoms with Crippen LogP contribution >= 0.6 is 23.2 Å². The zero-order valence-electron chi connectivity index (χ0n) is 12.4. The zero-order valence-corrected chi connectivity index (χ0v) is 13.9. The Labute approximate surface area is 148 Å². The van der Waals surface area contributed by atoms with E-state index in [1.807, 2.05) is 0 Å². The summed E-state index contributed by atoms with van der Waals surface area (Å²) in [5.41, 5.74) is 1.10. The standard InChI is InChI=1S/C17H12Cl2N2O3/c18-12-6-2-1-4-10(12)8-20-14(22)9-21-16(23)11-5-3-7-13(19)15(11)17(21)24/h1-7H,8-9H2,(H,20,22). The number of nitrogens with one attached hydrogen (secondary N) is 1. The first kappa shape index (κ1) is 16.5. The third kappa shape index (κ3) is 3.00. The number of amides is 3. The molecule has 0 spiro atoms. The molecule has 0 aromatic heterocycles. The van der Waals surface area contributed by atoms with Crippen LogP contribution in [0.5, 0.6) is 0 Å². The molecule has 2 aromatic rings. The molecule has 5 nitrogen and oxygen atoms in total. The van der Waals surface area contributed by atoms with Gasteiger partial charge < -0.3 is 5.32 Å². The van der Waals surface area contributed by atoms with Gasteiger partial charge in [0.05, 0.1) is 16.1 Å². The fourth-order valence-electron chi connectivity index (χ4n) is 2.47. The quantitative estimate of drug-likeness (QED) is 0.850. The Balaban J connectivity index is 1.68. The normalized spacial score (nSPS) is 13.2. The van der Waals surface area contributed by atoms with E-state index in [2.05, 4.69) is 5.32 Å². The van der Waals surface area contributed by atoms with Gasteiger partial charge in [-0.25, -0.2) is 0 Å². The van der Waals surface area contributed by atoms with Crippen molar-refractivity contribution in [3.63, 3.8) is 0 Å². The Kier molecular flexibility index (Phi) is 4.55. The van der Waals surface area contributed by atoms with Crippen LogP contribution in [0.4, 0.5) is 0 Å². The van der Waals surface area contributed by atoms with Crippen molar-refractivity contribution in [2.45, 2.75) is 6.54 Å². The fraction of sp³-hybridized carbons (Fsp3) is 0.118. The summed E-state index contributed by atoms with van der Waals surface area (Å²) in [6.07, 6.45) is 0. The third-order valence-corrected chi connectivity index (χ3v) is 4.37. The maximum Gasteiger partial charge on any atom is 0.263 e. The van der Waals surface area contributed by atoms with E-state index in [4.69, 9.17) is 23.2 Å². The second-order valence-corrected chi connectivity index (χ2v) is 6.04. The van der Waals surface area contributed by atoms with E-state index < -0.39 is 17.7 Å². The number of fused-ring (bicyclic) bond motifs is 1. The van der Waals surface area contributed by atoms with Crippen molar-refractivity contribution >= 4 is 40.9 Å². The number of rotatable bonds is 4. The van der Waals surface area contributed by atoms with Gasteiger partial charge in [-0.05, 0) is 23.8 Å². The van der Waals surface area contributed by atoms with Crippen molar-refractivity contribution < 1.29 is 14.4 Å². The lowest BCUT2D eigenvalue weighted by Crippen LogP contribution is -2.40. The predicted molar refractivity (Wildman–Crippen MR) is 90.1 cm³/mol. The molecule has 24 heavy (non-hydrogen) atoms. The summed E-state index contributed by atoms with van der Waals surface area (Å²) in [5, 5.41) is 3.38. The molecule has 0 fully saturated rings. The minimum absolute atomic E-state index is 0.142. The monoisotopic (exact) mass is 362 g/mol. The van der Waals surface area contributed by atoms with E-state index in [9.17, 15) is 14.4 Å². The Hall–Kier alpha value is -2.37. The average molecular weight is 363 g/mol. The highest BCUT2D eigenvalue weighted by atomic mass is 35.5. The summed E-state index contributed by atoms with van der Waals surface area (Å²) in [6, 6.07) is 11.7. The van der Waals surface area contributed by atoms with Crippen molar-refractivity contribution in [2.75, 3.05) is 6.54 Å². The van der Waals surface area contributed by atoms with Gasteiger partial charge in [-0.3, -0.25) is 19.3 Å². The topological polar surface area (TPSA) is 66.5 Å². The number of hydrogen-bond donors (Lipinski definition) is 1. The van der Waals surface area contributed by atoms with Crippen LogP contribution in [-0.2, 0) is 11.3 Å². The lowest BCUT2D eigenvalue weighted by molar-refractivity contribution is -0.121. The van der Waals surface area contributed by atoms with E-state index in [-0.39, 0.29) is 29.2 Å². The molecule has 1 aliphatic heterocycles. The first-order valence-electron chi connectivity index (χ1n) is 7.14. The number of halogens is 2. The lowest BCUT2D eigenvalue weighted by Gasteiger charge is -2.14. The number of nitrogens with zero attached hydrogens (tertiary/aromatic N) is 1. The summed E-state index contributed by atoms with van der Waals surface area (Å²) < 4.78 is 0. The van der Waals surface area contributed by atoms with Crippen LogP contribution in [0.25, 0.3) is 0 Å². The Morgan fingerprint density at radius 2 is 1.67 bits per heavy atom. The zero-order chi connectivity index (χ0) is 17.3. The molecular formula is C17H12Cl2N2O3.